The summed E-state index contributed by atoms with van der Waals surface area (Å²) in [5.74, 6) is 0.424. The highest BCUT2D eigenvalue weighted by atomic mass is 19.4. The number of fused-ring (bicyclic) bond motifs is 1. The molecule has 0 radical (unpaired) electrons. The van der Waals surface area contributed by atoms with E-state index >= 15 is 0 Å². The van der Waals surface area contributed by atoms with E-state index in [0.717, 1.165) is 57.4 Å². The first-order chi connectivity index (χ1) is 15.7. The van der Waals surface area contributed by atoms with Gasteiger partial charge in [-0.2, -0.15) is 26.3 Å². The van der Waals surface area contributed by atoms with Gasteiger partial charge < -0.3 is 10.2 Å². The second kappa shape index (κ2) is 10.00. The Morgan fingerprint density at radius 1 is 1.00 bits per heavy atom. The largest absolute Gasteiger partial charge is 0.429 e. The normalized spacial score (nSPS) is 34.7. The fourth-order valence-electron chi connectivity index (χ4n) is 6.63. The molecule has 34 heavy (non-hydrogen) atoms. The molecule has 0 spiro atoms. The van der Waals surface area contributed by atoms with Gasteiger partial charge in [0.2, 0.25) is 0 Å². The molecule has 3 rings (SSSR count). The third-order valence-corrected chi connectivity index (χ3v) is 8.52. The number of aliphatic hydroxyl groups is 2. The molecule has 0 aliphatic heterocycles. The summed E-state index contributed by atoms with van der Waals surface area (Å²) in [7, 11) is 0. The van der Waals surface area contributed by atoms with Crippen LogP contribution in [0.1, 0.15) is 78.1 Å². The molecule has 1 unspecified atom stereocenters. The highest BCUT2D eigenvalue weighted by Crippen LogP contribution is 2.60. The fourth-order valence-corrected chi connectivity index (χ4v) is 6.63. The van der Waals surface area contributed by atoms with Crippen LogP contribution in [0.4, 0.5) is 26.3 Å². The summed E-state index contributed by atoms with van der Waals surface area (Å²) in [6.45, 7) is 4.09. The van der Waals surface area contributed by atoms with E-state index in [0.29, 0.717) is 12.3 Å². The van der Waals surface area contributed by atoms with E-state index < -0.39 is 18.0 Å². The molecule has 0 aromatic rings. The van der Waals surface area contributed by atoms with E-state index in [2.05, 4.69) is 19.1 Å². The molecule has 194 valence electrons. The van der Waals surface area contributed by atoms with Crippen molar-refractivity contribution in [2.75, 3.05) is 0 Å². The van der Waals surface area contributed by atoms with Crippen LogP contribution in [0.5, 0.6) is 0 Å². The third-order valence-electron chi connectivity index (χ3n) is 8.52. The van der Waals surface area contributed by atoms with Gasteiger partial charge in [0.25, 0.3) is 5.60 Å². The Balaban J connectivity index is 1.71. The molecule has 0 aromatic heterocycles. The van der Waals surface area contributed by atoms with Crippen LogP contribution >= 0.6 is 0 Å². The minimum atomic E-state index is -5.83. The van der Waals surface area contributed by atoms with Gasteiger partial charge in [0, 0.05) is 0 Å². The zero-order valence-electron chi connectivity index (χ0n) is 19.9. The van der Waals surface area contributed by atoms with Crippen molar-refractivity contribution in [1.29, 1.82) is 0 Å². The van der Waals surface area contributed by atoms with Gasteiger partial charge in [-0.05, 0) is 93.5 Å². The van der Waals surface area contributed by atoms with Gasteiger partial charge >= 0.3 is 12.4 Å². The topological polar surface area (TPSA) is 40.5 Å². The molecule has 2 N–H and O–H groups in total. The second-order valence-corrected chi connectivity index (χ2v) is 10.8. The standard InChI is InChI=1S/C26H36F6O2/c1-17(6-4-15-24(34,25(27,28)29)26(30,31)32)21-12-13-22-19(8-5-14-23(21,22)2)11-10-18-7-3-9-20(33)16-18/h4,10-11,15,17,20-22,33-34H,3,5-9,12-14,16H2,1-2H3/b15-4-,18-10-,19-11+/t17-,20-,21+,22?,23+/m0/s1. The summed E-state index contributed by atoms with van der Waals surface area (Å²) >= 11 is 0. The van der Waals surface area contributed by atoms with Crippen LogP contribution in [-0.2, 0) is 0 Å². The molecular formula is C26H36F6O2. The van der Waals surface area contributed by atoms with E-state index in [1.165, 1.54) is 11.1 Å². The summed E-state index contributed by atoms with van der Waals surface area (Å²) in [6.07, 6.45) is 1.54. The van der Waals surface area contributed by atoms with E-state index in [-0.39, 0.29) is 35.9 Å². The van der Waals surface area contributed by atoms with Gasteiger partial charge in [-0.3, -0.25) is 0 Å². The predicted molar refractivity (Wildman–Crippen MR) is 119 cm³/mol. The van der Waals surface area contributed by atoms with Crippen molar-refractivity contribution >= 4 is 0 Å². The van der Waals surface area contributed by atoms with E-state index in [1.807, 2.05) is 6.92 Å². The van der Waals surface area contributed by atoms with Crippen molar-refractivity contribution in [3.05, 3.63) is 35.5 Å². The molecule has 3 aliphatic carbocycles. The minimum absolute atomic E-state index is 0.0441. The number of alkyl halides is 6. The molecule has 0 amide bonds. The number of halogens is 6. The molecule has 3 saturated carbocycles. The molecule has 2 nitrogen and oxygen atoms in total. The van der Waals surface area contributed by atoms with E-state index in [9.17, 15) is 36.6 Å². The molecule has 3 aliphatic rings. The Morgan fingerprint density at radius 3 is 2.29 bits per heavy atom. The average Bonchev–Trinajstić information content (AvgIpc) is 3.08. The summed E-state index contributed by atoms with van der Waals surface area (Å²) in [6, 6.07) is 0. The van der Waals surface area contributed by atoms with Gasteiger partial charge in [0.05, 0.1) is 6.10 Å². The van der Waals surface area contributed by atoms with Crippen molar-refractivity contribution < 1.29 is 36.6 Å². The number of hydrogen-bond acceptors (Lipinski definition) is 2. The Morgan fingerprint density at radius 2 is 1.68 bits per heavy atom. The number of hydrogen-bond donors (Lipinski definition) is 2. The zero-order valence-corrected chi connectivity index (χ0v) is 19.9. The van der Waals surface area contributed by atoms with Crippen molar-refractivity contribution in [2.24, 2.45) is 23.2 Å². The average molecular weight is 495 g/mol. The summed E-state index contributed by atoms with van der Waals surface area (Å²) in [5, 5.41) is 19.3. The SMILES string of the molecule is C[C@@H](C/C=C\C(O)(C(F)(F)F)C(F)(F)F)[C@H]1CCC2/C(=C/C=C3/CCC[C@H](O)C3)CCC[C@@]21C. The second-order valence-electron chi connectivity index (χ2n) is 10.8. The van der Waals surface area contributed by atoms with Gasteiger partial charge in [-0.15, -0.1) is 0 Å². The van der Waals surface area contributed by atoms with E-state index in [1.54, 1.807) is 0 Å². The minimum Gasteiger partial charge on any atom is -0.393 e. The highest BCUT2D eigenvalue weighted by Gasteiger charge is 2.68. The Labute approximate surface area is 197 Å². The van der Waals surface area contributed by atoms with Crippen LogP contribution in [-0.4, -0.2) is 34.3 Å². The van der Waals surface area contributed by atoms with Crippen LogP contribution < -0.4 is 0 Å². The monoisotopic (exact) mass is 494 g/mol. The molecule has 0 heterocycles. The quantitative estimate of drug-likeness (QED) is 0.308. The lowest BCUT2D eigenvalue weighted by atomic mass is 9.61. The first-order valence-electron chi connectivity index (χ1n) is 12.3. The lowest BCUT2D eigenvalue weighted by molar-refractivity contribution is -0.347. The lowest BCUT2D eigenvalue weighted by Crippen LogP contribution is -2.55. The summed E-state index contributed by atoms with van der Waals surface area (Å²) in [4.78, 5) is 0. The predicted octanol–water partition coefficient (Wildman–Crippen LogP) is 7.43. The van der Waals surface area contributed by atoms with Crippen molar-refractivity contribution in [3.63, 3.8) is 0 Å². The van der Waals surface area contributed by atoms with Gasteiger partial charge in [-0.25, -0.2) is 0 Å². The molecular weight excluding hydrogens is 458 g/mol. The summed E-state index contributed by atoms with van der Waals surface area (Å²) in [5.41, 5.74) is -2.25. The van der Waals surface area contributed by atoms with Gasteiger partial charge in [-0.1, -0.05) is 43.2 Å². The Kier molecular flexibility index (Phi) is 8.03. The molecule has 8 heteroatoms. The van der Waals surface area contributed by atoms with Crippen LogP contribution in [0.25, 0.3) is 0 Å². The molecule has 0 aromatic carbocycles. The van der Waals surface area contributed by atoms with Gasteiger partial charge in [0.15, 0.2) is 0 Å². The Bertz CT molecular complexity index is 795. The maximum atomic E-state index is 12.9. The molecule has 0 saturated heterocycles. The Hall–Kier alpha value is -1.28. The van der Waals surface area contributed by atoms with Crippen molar-refractivity contribution in [3.8, 4) is 0 Å². The first kappa shape index (κ1) is 27.3. The van der Waals surface area contributed by atoms with E-state index in [4.69, 9.17) is 0 Å². The van der Waals surface area contributed by atoms with Crippen molar-refractivity contribution in [2.45, 2.75) is 102 Å². The maximum Gasteiger partial charge on any atom is 0.429 e. The van der Waals surface area contributed by atoms with Crippen LogP contribution in [0.2, 0.25) is 0 Å². The molecule has 3 fully saturated rings. The number of aliphatic hydroxyl groups excluding tert-OH is 1. The van der Waals surface area contributed by atoms with Crippen LogP contribution in [0.3, 0.4) is 0 Å². The fraction of sp³-hybridized carbons (Fsp3) is 0.769. The van der Waals surface area contributed by atoms with Crippen molar-refractivity contribution in [1.82, 2.24) is 0 Å². The van der Waals surface area contributed by atoms with Crippen LogP contribution in [0, 0.1) is 23.2 Å². The smallest absolute Gasteiger partial charge is 0.393 e. The number of allylic oxidation sites excluding steroid dienone is 4. The zero-order chi connectivity index (χ0) is 25.4. The first-order valence-corrected chi connectivity index (χ1v) is 12.3. The van der Waals surface area contributed by atoms with Crippen LogP contribution in [0.15, 0.2) is 35.5 Å². The summed E-state index contributed by atoms with van der Waals surface area (Å²) < 4.78 is 77.6. The number of rotatable bonds is 5. The lowest BCUT2D eigenvalue weighted by Gasteiger charge is -2.44. The third kappa shape index (κ3) is 5.43. The molecule has 5 atom stereocenters. The molecule has 0 bridgehead atoms. The maximum absolute atomic E-state index is 12.9. The van der Waals surface area contributed by atoms with Gasteiger partial charge in [0.1, 0.15) is 0 Å². The highest BCUT2D eigenvalue weighted by molar-refractivity contribution is 5.26.